The van der Waals surface area contributed by atoms with Crippen molar-refractivity contribution in [2.45, 2.75) is 20.2 Å². The molecule has 0 atom stereocenters. The van der Waals surface area contributed by atoms with Crippen LogP contribution in [0.5, 0.6) is 0 Å². The van der Waals surface area contributed by atoms with Crippen LogP contribution in [0.3, 0.4) is 0 Å². The minimum atomic E-state index is 0.780. The molecule has 0 nitrogen and oxygen atoms in total. The van der Waals surface area contributed by atoms with Gasteiger partial charge in [0, 0.05) is 0 Å². The van der Waals surface area contributed by atoms with Crippen LogP contribution < -0.4 is 0 Å². The van der Waals surface area contributed by atoms with Crippen molar-refractivity contribution < 1.29 is 0 Å². The van der Waals surface area contributed by atoms with Gasteiger partial charge in [-0.15, -0.1) is 0 Å². The fourth-order valence-electron chi connectivity index (χ4n) is 0.333. The van der Waals surface area contributed by atoms with E-state index in [2.05, 4.69) is 21.2 Å². The summed E-state index contributed by atoms with van der Waals surface area (Å²) in [6, 6.07) is 0. The van der Waals surface area contributed by atoms with Crippen molar-refractivity contribution in [1.29, 1.82) is 0 Å². The second-order valence-electron chi connectivity index (χ2n) is 1.92. The molecule has 0 saturated heterocycles. The normalized spacial score (nSPS) is 8.33. The topological polar surface area (TPSA) is 0 Å². The van der Waals surface area contributed by atoms with E-state index in [0.29, 0.717) is 0 Å². The summed E-state index contributed by atoms with van der Waals surface area (Å²) in [7, 11) is 3.60. The van der Waals surface area contributed by atoms with Gasteiger partial charge in [0.15, 0.2) is 0 Å². The third-order valence-electron chi connectivity index (χ3n) is 0.638. The van der Waals surface area contributed by atoms with Crippen LogP contribution in [0.4, 0.5) is 0 Å². The molecule has 0 aromatic rings. The van der Waals surface area contributed by atoms with Gasteiger partial charge < -0.3 is 0 Å². The summed E-state index contributed by atoms with van der Waals surface area (Å²) in [5.41, 5.74) is 0. The predicted molar refractivity (Wildman–Crippen MR) is 32.5 cm³/mol. The van der Waals surface area contributed by atoms with Crippen LogP contribution in [0.2, 0.25) is 6.32 Å². The van der Waals surface area contributed by atoms with Crippen molar-refractivity contribution in [3.05, 3.63) is 0 Å². The van der Waals surface area contributed by atoms with Crippen LogP contribution in [0, 0.1) is 5.92 Å². The fraction of sp³-hybridized carbons (Fsp3) is 1.00. The first kappa shape index (κ1) is 6.13. The second-order valence-corrected chi connectivity index (χ2v) is 1.92. The summed E-state index contributed by atoms with van der Waals surface area (Å²) in [5, 5.41) is 0. The van der Waals surface area contributed by atoms with Crippen LogP contribution in [0.15, 0.2) is 0 Å². The zero-order valence-electron chi connectivity index (χ0n) is 4.57. The summed E-state index contributed by atoms with van der Waals surface area (Å²) in [6.07, 6.45) is 1.14. The Balaban J connectivity index is 2.81. The Morgan fingerprint density at radius 1 is 1.67 bits per heavy atom. The van der Waals surface area contributed by atoms with Crippen LogP contribution in [-0.2, 0) is 0 Å². The summed E-state index contributed by atoms with van der Waals surface area (Å²) in [4.78, 5) is 0. The van der Waals surface area contributed by atoms with Crippen LogP contribution in [-0.4, -0.2) is 14.2 Å². The molecule has 0 amide bonds. The molecule has 0 aliphatic carbocycles. The molecule has 0 rings (SSSR count). The minimum absolute atomic E-state index is 0.780. The van der Waals surface area contributed by atoms with Crippen molar-refractivity contribution in [3.63, 3.8) is 0 Å². The molecule has 0 spiro atoms. The van der Waals surface area contributed by atoms with Gasteiger partial charge in [-0.05, 0) is 0 Å². The zero-order chi connectivity index (χ0) is 4.99. The molecule has 0 aliphatic heterocycles. The van der Waals surface area contributed by atoms with Gasteiger partial charge in [0.25, 0.3) is 0 Å². The Labute approximate surface area is 41.2 Å². The molecule has 32 valence electrons. The fourth-order valence-corrected chi connectivity index (χ4v) is 0.333. The summed E-state index contributed by atoms with van der Waals surface area (Å²) >= 11 is 0. The Morgan fingerprint density at radius 2 is 2.17 bits per heavy atom. The van der Waals surface area contributed by atoms with Crippen molar-refractivity contribution in [2.24, 2.45) is 5.92 Å². The Hall–Kier alpha value is 0.130. The molecule has 6 heavy (non-hydrogen) atoms. The average Bonchev–Trinajstić information content (AvgIpc) is 1.35. The molecule has 0 radical (unpaired) electrons. The zero-order valence-corrected chi connectivity index (χ0v) is 4.57. The second kappa shape index (κ2) is 3.32. The molecule has 0 fully saturated rings. The van der Waals surface area contributed by atoms with E-state index in [-0.39, 0.29) is 0 Å². The molecule has 0 aromatic carbocycles. The molecule has 0 aromatic heterocycles. The van der Waals surface area contributed by atoms with E-state index in [1.54, 1.807) is 0 Å². The van der Waals surface area contributed by atoms with Crippen LogP contribution in [0.25, 0.3) is 0 Å². The monoisotopic (exact) mass is 80.1 g/mol. The van der Waals surface area contributed by atoms with E-state index in [1.807, 2.05) is 6.80 Å². The van der Waals surface area contributed by atoms with E-state index >= 15 is 0 Å². The van der Waals surface area contributed by atoms with Crippen molar-refractivity contribution >= 4 is 14.2 Å². The van der Waals surface area contributed by atoms with Crippen molar-refractivity contribution in [3.8, 4) is 0 Å². The molecular weight excluding hydrogens is 69.7 g/mol. The predicted octanol–water partition coefficient (Wildman–Crippen LogP) is 0.581. The summed E-state index contributed by atoms with van der Waals surface area (Å²) in [6.45, 7) is 6.31. The maximum absolute atomic E-state index is 3.60. The number of rotatable bonds is 2. The SMILES string of the molecule is B=BCC(C)C. The Bertz CT molecular complexity index is 40.8. The number of hydrogen-bond donors (Lipinski definition) is 0. The molecule has 2 heteroatoms. The van der Waals surface area contributed by atoms with Crippen molar-refractivity contribution in [1.82, 2.24) is 0 Å². The number of hydrogen-bond acceptors (Lipinski definition) is 0. The van der Waals surface area contributed by atoms with Gasteiger partial charge in [-0.1, -0.05) is 0 Å². The van der Waals surface area contributed by atoms with Gasteiger partial charge in [-0.25, -0.2) is 0 Å². The molecular formula is C4H10B2. The molecule has 0 bridgehead atoms. The first-order valence-corrected chi connectivity index (χ1v) is 2.38. The van der Waals surface area contributed by atoms with Crippen molar-refractivity contribution in [2.75, 3.05) is 0 Å². The van der Waals surface area contributed by atoms with Crippen LogP contribution in [0.1, 0.15) is 13.8 Å². The van der Waals surface area contributed by atoms with Gasteiger partial charge in [0.2, 0.25) is 0 Å². The Morgan fingerprint density at radius 3 is 2.17 bits per heavy atom. The van der Waals surface area contributed by atoms with Gasteiger partial charge in [0.1, 0.15) is 0 Å². The maximum atomic E-state index is 3.60. The van der Waals surface area contributed by atoms with E-state index in [0.717, 1.165) is 12.2 Å². The van der Waals surface area contributed by atoms with E-state index in [9.17, 15) is 0 Å². The summed E-state index contributed by atoms with van der Waals surface area (Å²) in [5.74, 6) is 0.780. The first-order valence-electron chi connectivity index (χ1n) is 2.38. The quantitative estimate of drug-likeness (QED) is 0.425. The van der Waals surface area contributed by atoms with Gasteiger partial charge in [-0.3, -0.25) is 0 Å². The Kier molecular flexibility index (Phi) is 3.40. The van der Waals surface area contributed by atoms with Gasteiger partial charge in [0.05, 0.1) is 0 Å². The van der Waals surface area contributed by atoms with E-state index < -0.39 is 0 Å². The first-order chi connectivity index (χ1) is 2.77. The molecule has 0 N–H and O–H groups in total. The molecule has 0 heterocycles. The third-order valence-corrected chi connectivity index (χ3v) is 0.638. The molecule has 0 aliphatic rings. The van der Waals surface area contributed by atoms with E-state index in [1.165, 1.54) is 0 Å². The van der Waals surface area contributed by atoms with Gasteiger partial charge >= 0.3 is 40.3 Å². The van der Waals surface area contributed by atoms with E-state index in [4.69, 9.17) is 0 Å². The summed E-state index contributed by atoms with van der Waals surface area (Å²) < 4.78 is 0. The standard InChI is InChI=1S/C4H10B2/c1-4(2)3-6-5/h4-5H,3H2,1-2H3. The molecule has 0 unspecified atom stereocenters. The van der Waals surface area contributed by atoms with Gasteiger partial charge in [-0.2, -0.15) is 0 Å². The van der Waals surface area contributed by atoms with Crippen LogP contribution >= 0.6 is 0 Å². The molecule has 0 saturated carbocycles. The third kappa shape index (κ3) is 4.13. The average molecular weight is 79.7 g/mol.